The molecule has 0 N–H and O–H groups in total. The number of amides is 1. The van der Waals surface area contributed by atoms with Gasteiger partial charge in [-0.3, -0.25) is 4.79 Å². The molecule has 3 aromatic rings. The molecule has 1 aliphatic rings. The Morgan fingerprint density at radius 3 is 2.07 bits per heavy atom. The highest BCUT2D eigenvalue weighted by Gasteiger charge is 2.31. The molecule has 0 spiro atoms. The zero-order valence-electron chi connectivity index (χ0n) is 16.1. The maximum atomic E-state index is 13.1. The number of ether oxygens (including phenoxy) is 1. The molecule has 4 rings (SSSR count). The highest BCUT2D eigenvalue weighted by atomic mass is 32.2. The van der Waals surface area contributed by atoms with Crippen LogP contribution in [0.5, 0.6) is 5.75 Å². The van der Waals surface area contributed by atoms with Gasteiger partial charge < -0.3 is 9.64 Å². The molecule has 0 unspecified atom stereocenters. The number of sulfonamides is 1. The lowest BCUT2D eigenvalue weighted by Gasteiger charge is -2.34. The Hall–Kier alpha value is -2.90. The summed E-state index contributed by atoms with van der Waals surface area (Å²) in [4.78, 5) is 15.1. The van der Waals surface area contributed by atoms with Crippen LogP contribution in [0.2, 0.25) is 0 Å². The molecule has 0 saturated carbocycles. The summed E-state index contributed by atoms with van der Waals surface area (Å²) in [5.74, 6) is 0.373. The molecule has 1 amide bonds. The number of benzene rings is 3. The fourth-order valence-corrected chi connectivity index (χ4v) is 5.04. The van der Waals surface area contributed by atoms with E-state index < -0.39 is 10.0 Å². The second-order valence-electron chi connectivity index (χ2n) is 6.91. The molecule has 0 atom stereocenters. The Morgan fingerprint density at radius 2 is 1.45 bits per heavy atom. The third-order valence-corrected chi connectivity index (χ3v) is 7.12. The van der Waals surface area contributed by atoms with Crippen molar-refractivity contribution < 1.29 is 17.9 Å². The summed E-state index contributed by atoms with van der Waals surface area (Å²) in [5.41, 5.74) is 0.491. The lowest BCUT2D eigenvalue weighted by molar-refractivity contribution is 0.0694. The van der Waals surface area contributed by atoms with Crippen LogP contribution in [0, 0.1) is 0 Å². The molecule has 3 aromatic carbocycles. The van der Waals surface area contributed by atoms with Crippen LogP contribution in [0.15, 0.2) is 71.6 Å². The third-order valence-electron chi connectivity index (χ3n) is 5.21. The minimum Gasteiger partial charge on any atom is -0.496 e. The molecule has 1 heterocycles. The molecule has 0 aliphatic carbocycles. The fourth-order valence-electron chi connectivity index (χ4n) is 3.60. The van der Waals surface area contributed by atoms with Gasteiger partial charge in [0.15, 0.2) is 0 Å². The smallest absolute Gasteiger partial charge is 0.257 e. The number of nitrogens with zero attached hydrogens (tertiary/aromatic N) is 2. The molecule has 1 fully saturated rings. The Morgan fingerprint density at radius 1 is 0.862 bits per heavy atom. The molecule has 7 heteroatoms. The minimum absolute atomic E-state index is 0.149. The van der Waals surface area contributed by atoms with Crippen LogP contribution in [0.1, 0.15) is 10.4 Å². The molecule has 6 nitrogen and oxygen atoms in total. The van der Waals surface area contributed by atoms with Gasteiger partial charge in [-0.25, -0.2) is 8.42 Å². The van der Waals surface area contributed by atoms with E-state index in [1.54, 1.807) is 42.3 Å². The number of piperazine rings is 1. The monoisotopic (exact) mass is 410 g/mol. The van der Waals surface area contributed by atoms with E-state index in [0.717, 1.165) is 10.8 Å². The molecule has 1 saturated heterocycles. The molecular formula is C22H22N2O4S. The normalized spacial score (nSPS) is 15.4. The highest BCUT2D eigenvalue weighted by molar-refractivity contribution is 7.89. The summed E-state index contributed by atoms with van der Waals surface area (Å²) >= 11 is 0. The Kier molecular flexibility index (Phi) is 5.25. The van der Waals surface area contributed by atoms with Crippen LogP contribution in [0.3, 0.4) is 0 Å². The second kappa shape index (κ2) is 7.85. The zero-order chi connectivity index (χ0) is 20.4. The number of fused-ring (bicyclic) bond motifs is 1. The van der Waals surface area contributed by atoms with Gasteiger partial charge in [0.05, 0.1) is 17.6 Å². The predicted molar refractivity (Wildman–Crippen MR) is 112 cm³/mol. The van der Waals surface area contributed by atoms with Crippen LogP contribution < -0.4 is 4.74 Å². The van der Waals surface area contributed by atoms with Gasteiger partial charge >= 0.3 is 0 Å². The van der Waals surface area contributed by atoms with E-state index in [0.29, 0.717) is 24.4 Å². The molecule has 0 aromatic heterocycles. The van der Waals surface area contributed by atoms with Gasteiger partial charge in [-0.05, 0) is 35.0 Å². The predicted octanol–water partition coefficient (Wildman–Crippen LogP) is 3.00. The second-order valence-corrected chi connectivity index (χ2v) is 8.85. The topological polar surface area (TPSA) is 66.9 Å². The van der Waals surface area contributed by atoms with Crippen molar-refractivity contribution in [3.8, 4) is 5.75 Å². The first-order chi connectivity index (χ1) is 14.0. The van der Waals surface area contributed by atoms with E-state index >= 15 is 0 Å². The summed E-state index contributed by atoms with van der Waals surface area (Å²) in [6.07, 6.45) is 0. The first kappa shape index (κ1) is 19.4. The minimum atomic E-state index is -3.55. The van der Waals surface area contributed by atoms with Crippen molar-refractivity contribution >= 4 is 26.7 Å². The first-order valence-electron chi connectivity index (χ1n) is 9.42. The van der Waals surface area contributed by atoms with Crippen LogP contribution in [0.25, 0.3) is 10.8 Å². The van der Waals surface area contributed by atoms with E-state index in [9.17, 15) is 13.2 Å². The first-order valence-corrected chi connectivity index (χ1v) is 10.9. The number of hydrogen-bond donors (Lipinski definition) is 0. The van der Waals surface area contributed by atoms with Crippen molar-refractivity contribution in [2.45, 2.75) is 4.90 Å². The van der Waals surface area contributed by atoms with E-state index in [4.69, 9.17) is 4.74 Å². The molecule has 0 bridgehead atoms. The molecule has 29 heavy (non-hydrogen) atoms. The lowest BCUT2D eigenvalue weighted by atomic mass is 10.0. The quantitative estimate of drug-likeness (QED) is 0.663. The van der Waals surface area contributed by atoms with Crippen LogP contribution >= 0.6 is 0 Å². The van der Waals surface area contributed by atoms with Crippen molar-refractivity contribution in [3.63, 3.8) is 0 Å². The number of carbonyl (C=O) groups is 1. The fraction of sp³-hybridized carbons (Fsp3) is 0.227. The molecule has 1 aliphatic heterocycles. The highest BCUT2D eigenvalue weighted by Crippen LogP contribution is 2.28. The maximum absolute atomic E-state index is 13.1. The van der Waals surface area contributed by atoms with E-state index in [1.807, 2.05) is 36.4 Å². The molecule has 0 radical (unpaired) electrons. The van der Waals surface area contributed by atoms with Crippen molar-refractivity contribution in [2.75, 3.05) is 33.3 Å². The van der Waals surface area contributed by atoms with E-state index in [-0.39, 0.29) is 23.9 Å². The largest absolute Gasteiger partial charge is 0.496 e. The van der Waals surface area contributed by atoms with Gasteiger partial charge in [0.25, 0.3) is 5.91 Å². The van der Waals surface area contributed by atoms with Crippen LogP contribution in [-0.2, 0) is 10.0 Å². The van der Waals surface area contributed by atoms with Gasteiger partial charge in [0, 0.05) is 26.2 Å². The number of carbonyl (C=O) groups excluding carboxylic acids is 1. The van der Waals surface area contributed by atoms with Crippen molar-refractivity contribution in [2.24, 2.45) is 0 Å². The van der Waals surface area contributed by atoms with Crippen molar-refractivity contribution in [1.29, 1.82) is 0 Å². The van der Waals surface area contributed by atoms with E-state index in [1.165, 1.54) is 4.31 Å². The summed E-state index contributed by atoms with van der Waals surface area (Å²) in [6.45, 7) is 1.19. The summed E-state index contributed by atoms with van der Waals surface area (Å²) in [6, 6.07) is 19.9. The number of methoxy groups -OCH3 is 1. The standard InChI is InChI=1S/C22H22N2O4S/c1-28-21-16-18-8-6-5-7-17(18)15-20(21)22(25)23-11-13-24(14-12-23)29(26,27)19-9-3-2-4-10-19/h2-10,15-16H,11-14H2,1H3. The summed E-state index contributed by atoms with van der Waals surface area (Å²) in [5, 5.41) is 1.96. The van der Waals surface area contributed by atoms with Gasteiger partial charge in [0.2, 0.25) is 10.0 Å². The van der Waals surface area contributed by atoms with Gasteiger partial charge in [-0.2, -0.15) is 4.31 Å². The van der Waals surface area contributed by atoms with Gasteiger partial charge in [0.1, 0.15) is 5.75 Å². The SMILES string of the molecule is COc1cc2ccccc2cc1C(=O)N1CCN(S(=O)(=O)c2ccccc2)CC1. The zero-order valence-corrected chi connectivity index (χ0v) is 16.9. The Labute approximate surface area is 170 Å². The van der Waals surface area contributed by atoms with Crippen molar-refractivity contribution in [1.82, 2.24) is 9.21 Å². The molecule has 150 valence electrons. The lowest BCUT2D eigenvalue weighted by Crippen LogP contribution is -2.50. The summed E-state index contributed by atoms with van der Waals surface area (Å²) in [7, 11) is -2.00. The van der Waals surface area contributed by atoms with Crippen molar-refractivity contribution in [3.05, 3.63) is 72.3 Å². The number of hydrogen-bond acceptors (Lipinski definition) is 4. The van der Waals surface area contributed by atoms with Gasteiger partial charge in [-0.1, -0.05) is 42.5 Å². The number of rotatable bonds is 4. The Balaban J connectivity index is 1.53. The molecular weight excluding hydrogens is 388 g/mol. The summed E-state index contributed by atoms with van der Waals surface area (Å²) < 4.78 is 32.4. The third kappa shape index (κ3) is 3.71. The average Bonchev–Trinajstić information content (AvgIpc) is 2.78. The average molecular weight is 410 g/mol. The Bertz CT molecular complexity index is 1140. The van der Waals surface area contributed by atoms with Crippen LogP contribution in [-0.4, -0.2) is 56.8 Å². The van der Waals surface area contributed by atoms with E-state index in [2.05, 4.69) is 0 Å². The maximum Gasteiger partial charge on any atom is 0.257 e. The van der Waals surface area contributed by atoms with Gasteiger partial charge in [-0.15, -0.1) is 0 Å². The van der Waals surface area contributed by atoms with Crippen LogP contribution in [0.4, 0.5) is 0 Å².